The predicted octanol–water partition coefficient (Wildman–Crippen LogP) is 2.91. The van der Waals surface area contributed by atoms with Gasteiger partial charge in [0, 0.05) is 30.7 Å². The van der Waals surface area contributed by atoms with Crippen molar-refractivity contribution < 1.29 is 22.8 Å². The summed E-state index contributed by atoms with van der Waals surface area (Å²) >= 11 is 0. The highest BCUT2D eigenvalue weighted by molar-refractivity contribution is 5.95. The second-order valence-corrected chi connectivity index (χ2v) is 4.99. The van der Waals surface area contributed by atoms with Crippen molar-refractivity contribution in [2.45, 2.75) is 12.7 Å². The highest BCUT2D eigenvalue weighted by Crippen LogP contribution is 2.18. The molecule has 2 rings (SSSR count). The fourth-order valence-corrected chi connectivity index (χ4v) is 1.80. The molecule has 8 heteroatoms. The first-order valence-electron chi connectivity index (χ1n) is 7.17. The van der Waals surface area contributed by atoms with Crippen molar-refractivity contribution in [3.8, 4) is 0 Å². The fraction of sp³-hybridized carbons (Fsp3) is 0.118. The van der Waals surface area contributed by atoms with E-state index in [-0.39, 0.29) is 11.6 Å². The molecule has 2 aromatic rings. The van der Waals surface area contributed by atoms with Gasteiger partial charge in [-0.1, -0.05) is 18.2 Å². The fourth-order valence-electron chi connectivity index (χ4n) is 1.80. The first kappa shape index (κ1) is 18.2. The van der Waals surface area contributed by atoms with Gasteiger partial charge in [-0.05, 0) is 35.4 Å². The molecular weight excluding hydrogens is 335 g/mol. The molecule has 0 aliphatic carbocycles. The molecule has 0 bridgehead atoms. The lowest BCUT2D eigenvalue weighted by Gasteiger charge is -2.07. The maximum atomic E-state index is 12.1. The van der Waals surface area contributed by atoms with E-state index in [2.05, 4.69) is 10.3 Å². The van der Waals surface area contributed by atoms with Crippen molar-refractivity contribution >= 4 is 23.6 Å². The Kier molecular flexibility index (Phi) is 5.89. The standard InChI is InChI=1S/C17H14F3N3O2/c18-17(19,20)16(25)23-14-6-3-12(4-7-14)5-8-15(24)22-11-13-2-1-9-21-10-13/h1-10H,11H2,(H,22,24)(H,23,25). The lowest BCUT2D eigenvalue weighted by atomic mass is 10.2. The summed E-state index contributed by atoms with van der Waals surface area (Å²) in [4.78, 5) is 26.5. The molecule has 25 heavy (non-hydrogen) atoms. The molecule has 0 aliphatic heterocycles. The van der Waals surface area contributed by atoms with Crippen LogP contribution in [0.1, 0.15) is 11.1 Å². The zero-order valence-corrected chi connectivity index (χ0v) is 12.9. The number of carbonyl (C=O) groups excluding carboxylic acids is 2. The number of pyridine rings is 1. The van der Waals surface area contributed by atoms with Gasteiger partial charge in [0.05, 0.1) is 0 Å². The Balaban J connectivity index is 1.86. The van der Waals surface area contributed by atoms with E-state index < -0.39 is 12.1 Å². The molecule has 1 aromatic carbocycles. The Morgan fingerprint density at radius 2 is 1.84 bits per heavy atom. The smallest absolute Gasteiger partial charge is 0.348 e. The third kappa shape index (κ3) is 6.09. The lowest BCUT2D eigenvalue weighted by Crippen LogP contribution is -2.29. The molecule has 1 aromatic heterocycles. The van der Waals surface area contributed by atoms with Crippen molar-refractivity contribution in [3.05, 3.63) is 66.0 Å². The summed E-state index contributed by atoms with van der Waals surface area (Å²) in [7, 11) is 0. The lowest BCUT2D eigenvalue weighted by molar-refractivity contribution is -0.167. The van der Waals surface area contributed by atoms with E-state index in [9.17, 15) is 22.8 Å². The Labute approximate surface area is 141 Å². The molecule has 0 radical (unpaired) electrons. The number of benzene rings is 1. The maximum absolute atomic E-state index is 12.1. The van der Waals surface area contributed by atoms with Gasteiger partial charge < -0.3 is 10.6 Å². The number of nitrogens with zero attached hydrogens (tertiary/aromatic N) is 1. The molecule has 0 fully saturated rings. The topological polar surface area (TPSA) is 71.1 Å². The van der Waals surface area contributed by atoms with E-state index in [1.807, 2.05) is 6.07 Å². The van der Waals surface area contributed by atoms with Gasteiger partial charge in [0.1, 0.15) is 0 Å². The van der Waals surface area contributed by atoms with E-state index in [0.717, 1.165) is 5.56 Å². The SMILES string of the molecule is O=C(C=Cc1ccc(NC(=O)C(F)(F)F)cc1)NCc1cccnc1. The molecule has 2 amide bonds. The Morgan fingerprint density at radius 1 is 1.12 bits per heavy atom. The van der Waals surface area contributed by atoms with Gasteiger partial charge in [0.2, 0.25) is 5.91 Å². The molecule has 1 heterocycles. The highest BCUT2D eigenvalue weighted by atomic mass is 19.4. The second kappa shape index (κ2) is 8.09. The van der Waals surface area contributed by atoms with Gasteiger partial charge in [-0.2, -0.15) is 13.2 Å². The Hall–Kier alpha value is -3.16. The zero-order chi connectivity index (χ0) is 18.3. The number of rotatable bonds is 5. The van der Waals surface area contributed by atoms with E-state index in [4.69, 9.17) is 0 Å². The van der Waals surface area contributed by atoms with E-state index in [1.54, 1.807) is 23.8 Å². The monoisotopic (exact) mass is 349 g/mol. The minimum atomic E-state index is -4.94. The molecule has 0 spiro atoms. The molecule has 5 nitrogen and oxygen atoms in total. The second-order valence-electron chi connectivity index (χ2n) is 4.99. The molecule has 0 aliphatic rings. The molecule has 2 N–H and O–H groups in total. The number of halogens is 3. The summed E-state index contributed by atoms with van der Waals surface area (Å²) in [6, 6.07) is 9.18. The van der Waals surface area contributed by atoms with Gasteiger partial charge in [-0.3, -0.25) is 14.6 Å². The number of carbonyl (C=O) groups is 2. The number of alkyl halides is 3. The third-order valence-corrected chi connectivity index (χ3v) is 3.04. The van der Waals surface area contributed by atoms with Crippen LogP contribution >= 0.6 is 0 Å². The van der Waals surface area contributed by atoms with Gasteiger partial charge in [0.25, 0.3) is 0 Å². The first-order chi connectivity index (χ1) is 11.8. The first-order valence-corrected chi connectivity index (χ1v) is 7.17. The summed E-state index contributed by atoms with van der Waals surface area (Å²) in [5, 5.41) is 4.41. The average Bonchev–Trinajstić information content (AvgIpc) is 2.59. The number of amides is 2. The van der Waals surface area contributed by atoms with Crippen LogP contribution in [-0.4, -0.2) is 23.0 Å². The largest absolute Gasteiger partial charge is 0.471 e. The van der Waals surface area contributed by atoms with Crippen molar-refractivity contribution in [3.63, 3.8) is 0 Å². The molecule has 0 atom stereocenters. The van der Waals surface area contributed by atoms with Crippen LogP contribution in [0.3, 0.4) is 0 Å². The third-order valence-electron chi connectivity index (χ3n) is 3.04. The summed E-state index contributed by atoms with van der Waals surface area (Å²) in [6.45, 7) is 0.333. The minimum absolute atomic E-state index is 0.0144. The van der Waals surface area contributed by atoms with E-state index in [0.29, 0.717) is 12.1 Å². The van der Waals surface area contributed by atoms with Crippen LogP contribution in [0.25, 0.3) is 6.08 Å². The summed E-state index contributed by atoms with van der Waals surface area (Å²) in [5.74, 6) is -2.36. The average molecular weight is 349 g/mol. The normalized spacial score (nSPS) is 11.3. The van der Waals surface area contributed by atoms with Crippen LogP contribution in [0.2, 0.25) is 0 Å². The Morgan fingerprint density at radius 3 is 2.44 bits per heavy atom. The quantitative estimate of drug-likeness (QED) is 0.816. The van der Waals surface area contributed by atoms with Gasteiger partial charge in [-0.25, -0.2) is 0 Å². The van der Waals surface area contributed by atoms with Crippen molar-refractivity contribution in [1.82, 2.24) is 10.3 Å². The number of aromatic nitrogens is 1. The molecule has 0 saturated carbocycles. The van der Waals surface area contributed by atoms with Crippen molar-refractivity contribution in [2.75, 3.05) is 5.32 Å². The van der Waals surface area contributed by atoms with Gasteiger partial charge in [0.15, 0.2) is 0 Å². The summed E-state index contributed by atoms with van der Waals surface area (Å²) < 4.78 is 36.4. The highest BCUT2D eigenvalue weighted by Gasteiger charge is 2.38. The van der Waals surface area contributed by atoms with Crippen LogP contribution < -0.4 is 10.6 Å². The maximum Gasteiger partial charge on any atom is 0.471 e. The number of anilines is 1. The van der Waals surface area contributed by atoms with Crippen molar-refractivity contribution in [2.24, 2.45) is 0 Å². The molecule has 0 saturated heterocycles. The number of hydrogen-bond donors (Lipinski definition) is 2. The molecule has 130 valence electrons. The van der Waals surface area contributed by atoms with Gasteiger partial charge >= 0.3 is 12.1 Å². The van der Waals surface area contributed by atoms with E-state index in [1.165, 1.54) is 36.4 Å². The summed E-state index contributed by atoms with van der Waals surface area (Å²) in [6.07, 6.45) is 1.14. The van der Waals surface area contributed by atoms with Crippen LogP contribution in [-0.2, 0) is 16.1 Å². The Bertz CT molecular complexity index is 757. The van der Waals surface area contributed by atoms with E-state index >= 15 is 0 Å². The van der Waals surface area contributed by atoms with Crippen LogP contribution in [0.4, 0.5) is 18.9 Å². The number of nitrogens with one attached hydrogen (secondary N) is 2. The summed E-state index contributed by atoms with van der Waals surface area (Å²) in [5.41, 5.74) is 1.47. The molecule has 0 unspecified atom stereocenters. The molecular formula is C17H14F3N3O2. The van der Waals surface area contributed by atoms with Crippen LogP contribution in [0, 0.1) is 0 Å². The van der Waals surface area contributed by atoms with Crippen molar-refractivity contribution in [1.29, 1.82) is 0 Å². The number of hydrogen-bond acceptors (Lipinski definition) is 3. The van der Waals surface area contributed by atoms with Crippen LogP contribution in [0.5, 0.6) is 0 Å². The predicted molar refractivity (Wildman–Crippen MR) is 86.2 cm³/mol. The van der Waals surface area contributed by atoms with Crippen LogP contribution in [0.15, 0.2) is 54.9 Å². The zero-order valence-electron chi connectivity index (χ0n) is 12.9. The minimum Gasteiger partial charge on any atom is -0.348 e. The van der Waals surface area contributed by atoms with Gasteiger partial charge in [-0.15, -0.1) is 0 Å².